The van der Waals surface area contributed by atoms with Crippen LogP contribution in [0.5, 0.6) is 0 Å². The molecule has 78 valence electrons. The van der Waals surface area contributed by atoms with Crippen LogP contribution in [0.15, 0.2) is 0 Å². The maximum atomic E-state index is 5.79. The SMILES string of the molecule is CC(C)C(C)(C)C(C)(N)N.Cl.Cl. The van der Waals surface area contributed by atoms with Crippen LogP contribution in [0.3, 0.4) is 0 Å². The number of hydrogen-bond acceptors (Lipinski definition) is 2. The van der Waals surface area contributed by atoms with Gasteiger partial charge in [0.05, 0.1) is 5.66 Å². The van der Waals surface area contributed by atoms with Crippen LogP contribution in [-0.4, -0.2) is 5.66 Å². The molecule has 12 heavy (non-hydrogen) atoms. The summed E-state index contributed by atoms with van der Waals surface area (Å²) in [6.07, 6.45) is 0. The highest BCUT2D eigenvalue weighted by atomic mass is 35.5. The average Bonchev–Trinajstić information content (AvgIpc) is 1.62. The molecule has 0 rings (SSSR count). The van der Waals surface area contributed by atoms with Gasteiger partial charge in [-0.25, -0.2) is 0 Å². The van der Waals surface area contributed by atoms with Gasteiger partial charge in [-0.2, -0.15) is 0 Å². The van der Waals surface area contributed by atoms with Crippen molar-refractivity contribution in [2.75, 3.05) is 0 Å². The van der Waals surface area contributed by atoms with Crippen molar-refractivity contribution < 1.29 is 0 Å². The first-order valence-electron chi connectivity index (χ1n) is 3.77. The molecule has 0 aliphatic heterocycles. The van der Waals surface area contributed by atoms with Crippen molar-refractivity contribution in [2.24, 2.45) is 22.8 Å². The van der Waals surface area contributed by atoms with Crippen molar-refractivity contribution in [1.82, 2.24) is 0 Å². The third-order valence-corrected chi connectivity index (χ3v) is 2.83. The molecule has 4 heteroatoms. The highest BCUT2D eigenvalue weighted by Gasteiger charge is 2.36. The summed E-state index contributed by atoms with van der Waals surface area (Å²) in [5.74, 6) is 0.507. The standard InChI is InChI=1S/C8H20N2.2ClH/c1-6(2)7(3,4)8(5,9)10;;/h6H,9-10H2,1-5H3;2*1H. The van der Waals surface area contributed by atoms with Crippen LogP contribution >= 0.6 is 24.8 Å². The molecule has 0 fully saturated rings. The zero-order chi connectivity index (χ0) is 8.58. The van der Waals surface area contributed by atoms with E-state index < -0.39 is 5.66 Å². The topological polar surface area (TPSA) is 52.0 Å². The smallest absolute Gasteiger partial charge is 0.0662 e. The van der Waals surface area contributed by atoms with Crippen molar-refractivity contribution in [1.29, 1.82) is 0 Å². The maximum absolute atomic E-state index is 5.79. The molecule has 2 nitrogen and oxygen atoms in total. The third kappa shape index (κ3) is 3.94. The predicted octanol–water partition coefficient (Wildman–Crippen LogP) is 2.15. The van der Waals surface area contributed by atoms with Crippen LogP contribution in [0, 0.1) is 11.3 Å². The lowest BCUT2D eigenvalue weighted by molar-refractivity contribution is 0.121. The van der Waals surface area contributed by atoms with E-state index in [1.54, 1.807) is 0 Å². The Labute approximate surface area is 88.3 Å². The Morgan fingerprint density at radius 3 is 1.17 bits per heavy atom. The number of rotatable bonds is 2. The van der Waals surface area contributed by atoms with Crippen molar-refractivity contribution in [3.63, 3.8) is 0 Å². The van der Waals surface area contributed by atoms with Gasteiger partial charge >= 0.3 is 0 Å². The summed E-state index contributed by atoms with van der Waals surface area (Å²) in [6.45, 7) is 10.3. The molecule has 0 aliphatic rings. The molecule has 0 atom stereocenters. The molecule has 0 amide bonds. The fourth-order valence-corrected chi connectivity index (χ4v) is 0.622. The predicted molar refractivity (Wildman–Crippen MR) is 59.9 cm³/mol. The van der Waals surface area contributed by atoms with E-state index in [9.17, 15) is 0 Å². The highest BCUT2D eigenvalue weighted by Crippen LogP contribution is 2.32. The minimum atomic E-state index is -0.582. The van der Waals surface area contributed by atoms with Crippen LogP contribution in [0.25, 0.3) is 0 Å². The van der Waals surface area contributed by atoms with Crippen molar-refractivity contribution in [3.05, 3.63) is 0 Å². The molecule has 0 aliphatic carbocycles. The summed E-state index contributed by atoms with van der Waals surface area (Å²) in [6, 6.07) is 0. The Kier molecular flexibility index (Phi) is 8.06. The molecule has 0 aromatic carbocycles. The Hall–Kier alpha value is 0.500. The Balaban J connectivity index is -0.000000405. The van der Waals surface area contributed by atoms with E-state index in [-0.39, 0.29) is 30.2 Å². The molecular weight excluding hydrogens is 195 g/mol. The molecule has 0 bridgehead atoms. The van der Waals surface area contributed by atoms with Gasteiger partial charge in [0.1, 0.15) is 0 Å². The van der Waals surface area contributed by atoms with Gasteiger partial charge in [-0.15, -0.1) is 24.8 Å². The van der Waals surface area contributed by atoms with Gasteiger partial charge in [0.2, 0.25) is 0 Å². The van der Waals surface area contributed by atoms with Crippen molar-refractivity contribution >= 4 is 24.8 Å². The Bertz CT molecular complexity index is 117. The minimum absolute atomic E-state index is 0. The van der Waals surface area contributed by atoms with Crippen molar-refractivity contribution in [2.45, 2.75) is 40.3 Å². The van der Waals surface area contributed by atoms with Gasteiger partial charge in [0.15, 0.2) is 0 Å². The van der Waals surface area contributed by atoms with Crippen LogP contribution in [-0.2, 0) is 0 Å². The van der Waals surface area contributed by atoms with Gasteiger partial charge in [0, 0.05) is 0 Å². The molecule has 0 aromatic heterocycles. The minimum Gasteiger partial charge on any atom is -0.313 e. The van der Waals surface area contributed by atoms with Gasteiger partial charge in [-0.1, -0.05) is 27.7 Å². The van der Waals surface area contributed by atoms with Gasteiger partial charge in [0.25, 0.3) is 0 Å². The van der Waals surface area contributed by atoms with Gasteiger partial charge < -0.3 is 11.5 Å². The lowest BCUT2D eigenvalue weighted by Crippen LogP contribution is -2.59. The van der Waals surface area contributed by atoms with E-state index in [0.717, 1.165) is 0 Å². The van der Waals surface area contributed by atoms with Gasteiger partial charge in [-0.05, 0) is 18.3 Å². The second-order valence-electron chi connectivity index (χ2n) is 4.16. The summed E-state index contributed by atoms with van der Waals surface area (Å²) >= 11 is 0. The first-order chi connectivity index (χ1) is 4.19. The zero-order valence-corrected chi connectivity index (χ0v) is 10.2. The first-order valence-corrected chi connectivity index (χ1v) is 3.77. The fraction of sp³-hybridized carbons (Fsp3) is 1.00. The first kappa shape index (κ1) is 18.3. The summed E-state index contributed by atoms with van der Waals surface area (Å²) < 4.78 is 0. The van der Waals surface area contributed by atoms with Crippen molar-refractivity contribution in [3.8, 4) is 0 Å². The fourth-order valence-electron chi connectivity index (χ4n) is 0.622. The molecule has 0 saturated carbocycles. The zero-order valence-electron chi connectivity index (χ0n) is 8.55. The normalized spacial score (nSPS) is 12.0. The lowest BCUT2D eigenvalue weighted by Gasteiger charge is -2.41. The number of halogens is 2. The molecule has 0 saturated heterocycles. The number of hydrogen-bond donors (Lipinski definition) is 2. The molecule has 4 N–H and O–H groups in total. The number of nitrogens with two attached hydrogens (primary N) is 2. The molecule has 0 unspecified atom stereocenters. The van der Waals surface area contributed by atoms with Crippen LogP contribution < -0.4 is 11.5 Å². The summed E-state index contributed by atoms with van der Waals surface area (Å²) in [5, 5.41) is 0. The molecule has 0 heterocycles. The van der Waals surface area contributed by atoms with Crippen LogP contribution in [0.4, 0.5) is 0 Å². The van der Waals surface area contributed by atoms with E-state index in [1.165, 1.54) is 0 Å². The molecule has 0 radical (unpaired) electrons. The summed E-state index contributed by atoms with van der Waals surface area (Å²) in [7, 11) is 0. The van der Waals surface area contributed by atoms with Crippen LogP contribution in [0.2, 0.25) is 0 Å². The molecule has 0 aromatic rings. The monoisotopic (exact) mass is 216 g/mol. The lowest BCUT2D eigenvalue weighted by atomic mass is 9.72. The molecular formula is C8H22Cl2N2. The molecule has 0 spiro atoms. The van der Waals surface area contributed by atoms with E-state index in [1.807, 2.05) is 6.92 Å². The highest BCUT2D eigenvalue weighted by molar-refractivity contribution is 5.85. The quantitative estimate of drug-likeness (QED) is 0.696. The van der Waals surface area contributed by atoms with E-state index in [0.29, 0.717) is 5.92 Å². The van der Waals surface area contributed by atoms with E-state index >= 15 is 0 Å². The van der Waals surface area contributed by atoms with Crippen LogP contribution in [0.1, 0.15) is 34.6 Å². The van der Waals surface area contributed by atoms with E-state index in [4.69, 9.17) is 11.5 Å². The van der Waals surface area contributed by atoms with E-state index in [2.05, 4.69) is 27.7 Å². The Morgan fingerprint density at radius 1 is 0.917 bits per heavy atom. The summed E-state index contributed by atoms with van der Waals surface area (Å²) in [5.41, 5.74) is 11.0. The Morgan fingerprint density at radius 2 is 1.17 bits per heavy atom. The maximum Gasteiger partial charge on any atom is 0.0662 e. The average molecular weight is 217 g/mol. The second-order valence-corrected chi connectivity index (χ2v) is 4.16. The third-order valence-electron chi connectivity index (χ3n) is 2.83. The largest absolute Gasteiger partial charge is 0.313 e. The van der Waals surface area contributed by atoms with Gasteiger partial charge in [-0.3, -0.25) is 0 Å². The summed E-state index contributed by atoms with van der Waals surface area (Å²) in [4.78, 5) is 0. The second kappa shape index (κ2) is 5.28.